The zero-order chi connectivity index (χ0) is 18.7. The first-order valence-corrected chi connectivity index (χ1v) is 9.04. The number of imide groups is 1. The highest BCUT2D eigenvalue weighted by atomic mass is 35.5. The molecule has 2 fully saturated rings. The van der Waals surface area contributed by atoms with Gasteiger partial charge in [-0.1, -0.05) is 23.8 Å². The zero-order valence-electron chi connectivity index (χ0n) is 14.0. The van der Waals surface area contributed by atoms with E-state index in [1.807, 2.05) is 12.2 Å². The maximum absolute atomic E-state index is 13.0. The van der Waals surface area contributed by atoms with Crippen LogP contribution in [-0.2, 0) is 9.59 Å². The van der Waals surface area contributed by atoms with E-state index in [4.69, 9.17) is 20.8 Å². The molecule has 1 aromatic heterocycles. The molecule has 2 amide bonds. The first kappa shape index (κ1) is 16.3. The van der Waals surface area contributed by atoms with Gasteiger partial charge in [0.05, 0.1) is 23.8 Å². The third-order valence-corrected chi connectivity index (χ3v) is 5.79. The molecule has 6 nitrogen and oxygen atoms in total. The van der Waals surface area contributed by atoms with Crippen molar-refractivity contribution in [2.75, 3.05) is 4.90 Å². The number of rotatable bonds is 3. The van der Waals surface area contributed by atoms with Crippen molar-refractivity contribution in [2.24, 2.45) is 23.7 Å². The SMILES string of the molecule is O=C(Oc1ccc(Cl)cc1N1C(=O)[C@@H]2[C@H](C1=O)[C@H]1C=C[C@H]2C1)c1ccco1. The van der Waals surface area contributed by atoms with Crippen LogP contribution in [0.2, 0.25) is 5.02 Å². The van der Waals surface area contributed by atoms with E-state index in [-0.39, 0.29) is 52.7 Å². The Kier molecular flexibility index (Phi) is 3.52. The average molecular weight is 384 g/mol. The van der Waals surface area contributed by atoms with E-state index in [9.17, 15) is 14.4 Å². The van der Waals surface area contributed by atoms with Gasteiger partial charge in [-0.15, -0.1) is 0 Å². The second-order valence-electron chi connectivity index (χ2n) is 6.99. The lowest BCUT2D eigenvalue weighted by molar-refractivity contribution is -0.123. The molecule has 1 saturated heterocycles. The normalized spacial score (nSPS) is 28.1. The minimum Gasteiger partial charge on any atom is -0.457 e. The summed E-state index contributed by atoms with van der Waals surface area (Å²) in [4.78, 5) is 39.4. The van der Waals surface area contributed by atoms with Crippen LogP contribution in [0.1, 0.15) is 17.0 Å². The van der Waals surface area contributed by atoms with Gasteiger partial charge in [0.25, 0.3) is 0 Å². The number of benzene rings is 1. The van der Waals surface area contributed by atoms with Gasteiger partial charge in [0, 0.05) is 5.02 Å². The summed E-state index contributed by atoms with van der Waals surface area (Å²) in [5, 5.41) is 0.335. The molecule has 0 radical (unpaired) electrons. The van der Waals surface area contributed by atoms with Crippen molar-refractivity contribution in [1.82, 2.24) is 0 Å². The fourth-order valence-corrected chi connectivity index (χ4v) is 4.60. The molecule has 7 heteroatoms. The number of halogens is 1. The van der Waals surface area contributed by atoms with Crippen LogP contribution >= 0.6 is 11.6 Å². The topological polar surface area (TPSA) is 76.8 Å². The lowest BCUT2D eigenvalue weighted by Gasteiger charge is -2.20. The summed E-state index contributed by atoms with van der Waals surface area (Å²) in [6.45, 7) is 0. The molecular formula is C20H14ClNO5. The number of hydrogen-bond acceptors (Lipinski definition) is 5. The smallest absolute Gasteiger partial charge is 0.379 e. The number of amides is 2. The summed E-state index contributed by atoms with van der Waals surface area (Å²) >= 11 is 6.10. The Bertz CT molecular complexity index is 966. The van der Waals surface area contributed by atoms with E-state index in [0.29, 0.717) is 5.02 Å². The van der Waals surface area contributed by atoms with Gasteiger partial charge >= 0.3 is 5.97 Å². The van der Waals surface area contributed by atoms with Crippen molar-refractivity contribution in [1.29, 1.82) is 0 Å². The van der Waals surface area contributed by atoms with Crippen LogP contribution in [0, 0.1) is 23.7 Å². The maximum Gasteiger partial charge on any atom is 0.379 e. The summed E-state index contributed by atoms with van der Waals surface area (Å²) in [5.74, 6) is -1.65. The Morgan fingerprint density at radius 2 is 1.81 bits per heavy atom. The van der Waals surface area contributed by atoms with Crippen molar-refractivity contribution in [3.63, 3.8) is 0 Å². The summed E-state index contributed by atoms with van der Waals surface area (Å²) in [7, 11) is 0. The number of furan rings is 1. The number of carbonyl (C=O) groups excluding carboxylic acids is 3. The number of nitrogens with zero attached hydrogens (tertiary/aromatic N) is 1. The van der Waals surface area contributed by atoms with E-state index in [2.05, 4.69) is 0 Å². The fourth-order valence-electron chi connectivity index (χ4n) is 4.44. The number of esters is 1. The largest absolute Gasteiger partial charge is 0.457 e. The van der Waals surface area contributed by atoms with Crippen LogP contribution in [0.15, 0.2) is 53.2 Å². The summed E-state index contributed by atoms with van der Waals surface area (Å²) in [6, 6.07) is 7.51. The molecule has 1 saturated carbocycles. The minimum absolute atomic E-state index is 0.0223. The number of allylic oxidation sites excluding steroid dienone is 2. The van der Waals surface area contributed by atoms with Gasteiger partial charge in [0.2, 0.25) is 17.6 Å². The Balaban J connectivity index is 1.52. The minimum atomic E-state index is -0.718. The van der Waals surface area contributed by atoms with Gasteiger partial charge in [-0.05, 0) is 48.6 Å². The molecule has 5 rings (SSSR count). The summed E-state index contributed by atoms with van der Waals surface area (Å²) in [6.07, 6.45) is 6.25. The number of fused-ring (bicyclic) bond motifs is 5. The number of ether oxygens (including phenoxy) is 1. The highest BCUT2D eigenvalue weighted by Crippen LogP contribution is 2.54. The third kappa shape index (κ3) is 2.36. The Hall–Kier alpha value is -2.86. The Labute approximate surface area is 159 Å². The zero-order valence-corrected chi connectivity index (χ0v) is 14.8. The highest BCUT2D eigenvalue weighted by molar-refractivity contribution is 6.31. The maximum atomic E-state index is 13.0. The van der Waals surface area contributed by atoms with Crippen LogP contribution in [0.3, 0.4) is 0 Å². The van der Waals surface area contributed by atoms with Crippen molar-refractivity contribution in [2.45, 2.75) is 6.42 Å². The monoisotopic (exact) mass is 383 g/mol. The van der Waals surface area contributed by atoms with E-state index in [1.165, 1.54) is 30.5 Å². The molecule has 4 atom stereocenters. The van der Waals surface area contributed by atoms with E-state index < -0.39 is 5.97 Å². The Morgan fingerprint density at radius 3 is 2.44 bits per heavy atom. The molecule has 2 aliphatic carbocycles. The second-order valence-corrected chi connectivity index (χ2v) is 7.43. The fraction of sp³-hybridized carbons (Fsp3) is 0.250. The molecule has 3 aliphatic rings. The van der Waals surface area contributed by atoms with Crippen LogP contribution in [0.25, 0.3) is 0 Å². The van der Waals surface area contributed by atoms with Crippen molar-refractivity contribution < 1.29 is 23.5 Å². The van der Waals surface area contributed by atoms with Gasteiger partial charge in [-0.25, -0.2) is 9.69 Å². The summed E-state index contributed by atoms with van der Waals surface area (Å²) < 4.78 is 10.4. The Morgan fingerprint density at radius 1 is 1.11 bits per heavy atom. The highest BCUT2D eigenvalue weighted by Gasteiger charge is 2.60. The molecule has 2 heterocycles. The molecule has 0 N–H and O–H groups in total. The summed E-state index contributed by atoms with van der Waals surface area (Å²) in [5.41, 5.74) is 0.186. The number of hydrogen-bond donors (Lipinski definition) is 0. The second kappa shape index (κ2) is 5.82. The molecular weight excluding hydrogens is 370 g/mol. The average Bonchev–Trinajstić information content (AvgIpc) is 3.42. The molecule has 136 valence electrons. The lowest BCUT2D eigenvalue weighted by Crippen LogP contribution is -2.33. The van der Waals surface area contributed by atoms with Crippen LogP contribution < -0.4 is 9.64 Å². The first-order chi connectivity index (χ1) is 13.0. The van der Waals surface area contributed by atoms with E-state index >= 15 is 0 Å². The molecule has 1 aliphatic heterocycles. The molecule has 27 heavy (non-hydrogen) atoms. The number of carbonyl (C=O) groups is 3. The third-order valence-electron chi connectivity index (χ3n) is 5.56. The number of anilines is 1. The van der Waals surface area contributed by atoms with E-state index in [1.54, 1.807) is 6.07 Å². The molecule has 0 unspecified atom stereocenters. The van der Waals surface area contributed by atoms with Crippen molar-refractivity contribution >= 4 is 35.1 Å². The van der Waals surface area contributed by atoms with Crippen LogP contribution in [0.4, 0.5) is 5.69 Å². The predicted molar refractivity (Wildman–Crippen MR) is 95.3 cm³/mol. The van der Waals surface area contributed by atoms with Crippen molar-refractivity contribution in [3.05, 3.63) is 59.5 Å². The van der Waals surface area contributed by atoms with Crippen molar-refractivity contribution in [3.8, 4) is 5.75 Å². The predicted octanol–water partition coefficient (Wildman–Crippen LogP) is 3.46. The van der Waals surface area contributed by atoms with Crippen LogP contribution in [-0.4, -0.2) is 17.8 Å². The molecule has 2 aromatic rings. The van der Waals surface area contributed by atoms with Gasteiger partial charge < -0.3 is 9.15 Å². The van der Waals surface area contributed by atoms with Gasteiger partial charge in [0.15, 0.2) is 5.75 Å². The van der Waals surface area contributed by atoms with E-state index in [0.717, 1.165) is 11.3 Å². The van der Waals surface area contributed by atoms with Crippen LogP contribution in [0.5, 0.6) is 5.75 Å². The first-order valence-electron chi connectivity index (χ1n) is 8.66. The lowest BCUT2D eigenvalue weighted by atomic mass is 9.85. The van der Waals surface area contributed by atoms with Gasteiger partial charge in [0.1, 0.15) is 0 Å². The van der Waals surface area contributed by atoms with Gasteiger partial charge in [-0.3, -0.25) is 9.59 Å². The van der Waals surface area contributed by atoms with Gasteiger partial charge in [-0.2, -0.15) is 0 Å². The standard InChI is InChI=1S/C20H14ClNO5/c21-12-5-6-14(27-20(25)15-2-1-7-26-15)13(9-12)22-18(23)16-10-3-4-11(8-10)17(16)19(22)24/h1-7,9-11,16-17H,8H2/t10-,11-,16-,17+/m0/s1. The molecule has 2 bridgehead atoms. The quantitative estimate of drug-likeness (QED) is 0.351. The molecule has 0 spiro atoms. The molecule has 1 aromatic carbocycles.